The number of carbonyl (C=O) groups excluding carboxylic acids is 2. The topological polar surface area (TPSA) is 43.9 Å². The van der Waals surface area contributed by atoms with Gasteiger partial charge in [0.25, 0.3) is 11.8 Å². The van der Waals surface area contributed by atoms with Gasteiger partial charge in [-0.1, -0.05) is 48.5 Å². The summed E-state index contributed by atoms with van der Waals surface area (Å²) in [5.74, 6) is -1.15. The lowest BCUT2D eigenvalue weighted by Crippen LogP contribution is -2.43. The molecule has 1 fully saturated rings. The van der Waals surface area contributed by atoms with E-state index in [0.717, 1.165) is 25.9 Å². The number of rotatable bonds is 5. The Kier molecular flexibility index (Phi) is 5.68. The average molecular weight is 407 g/mol. The number of nitrogens with zero attached hydrogens (tertiary/aromatic N) is 3. The molecule has 4 rings (SSSR count). The van der Waals surface area contributed by atoms with Crippen molar-refractivity contribution in [2.75, 3.05) is 27.2 Å². The third kappa shape index (κ3) is 3.75. The minimum absolute atomic E-state index is 0.0780. The molecule has 2 heterocycles. The van der Waals surface area contributed by atoms with Crippen molar-refractivity contribution in [2.45, 2.75) is 25.4 Å². The van der Waals surface area contributed by atoms with Gasteiger partial charge in [-0.05, 0) is 44.6 Å². The summed E-state index contributed by atoms with van der Waals surface area (Å²) < 4.78 is 14.2. The van der Waals surface area contributed by atoms with Gasteiger partial charge in [0.1, 0.15) is 11.5 Å². The molecular weight excluding hydrogens is 381 g/mol. The maximum atomic E-state index is 14.2. The Morgan fingerprint density at radius 3 is 2.27 bits per heavy atom. The first-order valence-corrected chi connectivity index (χ1v) is 10.3. The van der Waals surface area contributed by atoms with Gasteiger partial charge in [0.05, 0.1) is 12.1 Å². The van der Waals surface area contributed by atoms with E-state index in [0.29, 0.717) is 22.4 Å². The Bertz CT molecular complexity index is 981. The molecule has 0 atom stereocenters. The van der Waals surface area contributed by atoms with Crippen LogP contribution < -0.4 is 0 Å². The number of likely N-dealkylation sites (tertiary alicyclic amines) is 1. The first-order valence-electron chi connectivity index (χ1n) is 10.3. The predicted octanol–water partition coefficient (Wildman–Crippen LogP) is 3.13. The van der Waals surface area contributed by atoms with E-state index < -0.39 is 5.82 Å². The molecule has 6 heteroatoms. The molecule has 0 spiro atoms. The van der Waals surface area contributed by atoms with Gasteiger partial charge < -0.3 is 9.80 Å². The van der Waals surface area contributed by atoms with Crippen LogP contribution in [0.1, 0.15) is 24.0 Å². The number of piperidine rings is 1. The molecule has 2 aliphatic heterocycles. The predicted molar refractivity (Wildman–Crippen MR) is 114 cm³/mol. The van der Waals surface area contributed by atoms with E-state index in [9.17, 15) is 14.0 Å². The number of carbonyl (C=O) groups is 2. The van der Waals surface area contributed by atoms with Crippen molar-refractivity contribution < 1.29 is 14.0 Å². The zero-order chi connectivity index (χ0) is 21.3. The van der Waals surface area contributed by atoms with Crippen LogP contribution in [0, 0.1) is 5.82 Å². The molecule has 5 nitrogen and oxygen atoms in total. The molecule has 0 bridgehead atoms. The number of hydrogen-bond donors (Lipinski definition) is 0. The summed E-state index contributed by atoms with van der Waals surface area (Å²) in [5.41, 5.74) is 1.85. The van der Waals surface area contributed by atoms with Crippen LogP contribution in [0.2, 0.25) is 0 Å². The van der Waals surface area contributed by atoms with Crippen molar-refractivity contribution in [3.63, 3.8) is 0 Å². The van der Waals surface area contributed by atoms with Crippen LogP contribution in [0.5, 0.6) is 0 Å². The summed E-state index contributed by atoms with van der Waals surface area (Å²) in [6.45, 7) is 1.82. The van der Waals surface area contributed by atoms with Gasteiger partial charge in [0.15, 0.2) is 0 Å². The molecule has 2 aromatic carbocycles. The highest BCUT2D eigenvalue weighted by Gasteiger charge is 2.42. The van der Waals surface area contributed by atoms with Crippen LogP contribution in [0.4, 0.5) is 4.39 Å². The lowest BCUT2D eigenvalue weighted by atomic mass is 10.0. The zero-order valence-corrected chi connectivity index (χ0v) is 17.3. The second-order valence-electron chi connectivity index (χ2n) is 8.02. The van der Waals surface area contributed by atoms with Crippen molar-refractivity contribution >= 4 is 17.4 Å². The van der Waals surface area contributed by atoms with Crippen LogP contribution in [-0.2, 0) is 16.1 Å². The van der Waals surface area contributed by atoms with E-state index in [-0.39, 0.29) is 24.4 Å². The molecular formula is C24H26FN3O2. The van der Waals surface area contributed by atoms with E-state index in [1.165, 1.54) is 11.0 Å². The highest BCUT2D eigenvalue weighted by Crippen LogP contribution is 2.34. The summed E-state index contributed by atoms with van der Waals surface area (Å²) in [6.07, 6.45) is 1.85. The first-order chi connectivity index (χ1) is 14.5. The van der Waals surface area contributed by atoms with E-state index in [1.807, 2.05) is 42.3 Å². The zero-order valence-electron chi connectivity index (χ0n) is 17.3. The Morgan fingerprint density at radius 1 is 0.967 bits per heavy atom. The fourth-order valence-corrected chi connectivity index (χ4v) is 4.26. The smallest absolute Gasteiger partial charge is 0.278 e. The van der Waals surface area contributed by atoms with Crippen LogP contribution in [0.3, 0.4) is 0 Å². The third-order valence-electron chi connectivity index (χ3n) is 6.08. The van der Waals surface area contributed by atoms with Crippen LogP contribution in [0.25, 0.3) is 5.57 Å². The third-order valence-corrected chi connectivity index (χ3v) is 6.08. The van der Waals surface area contributed by atoms with Crippen molar-refractivity contribution in [2.24, 2.45) is 0 Å². The Morgan fingerprint density at radius 2 is 1.60 bits per heavy atom. The molecule has 0 aromatic heterocycles. The maximum absolute atomic E-state index is 14.2. The quantitative estimate of drug-likeness (QED) is 0.715. The van der Waals surface area contributed by atoms with E-state index in [4.69, 9.17) is 0 Å². The van der Waals surface area contributed by atoms with Crippen molar-refractivity contribution in [3.05, 3.63) is 77.2 Å². The second kappa shape index (κ2) is 8.40. The second-order valence-corrected chi connectivity index (χ2v) is 8.02. The fraction of sp³-hybridized carbons (Fsp3) is 0.333. The number of imide groups is 1. The molecule has 156 valence electrons. The van der Waals surface area contributed by atoms with E-state index >= 15 is 0 Å². The van der Waals surface area contributed by atoms with E-state index in [2.05, 4.69) is 11.9 Å². The molecule has 2 aliphatic rings. The van der Waals surface area contributed by atoms with Crippen molar-refractivity contribution in [1.82, 2.24) is 14.7 Å². The monoisotopic (exact) mass is 407 g/mol. The van der Waals surface area contributed by atoms with Gasteiger partial charge in [-0.3, -0.25) is 14.5 Å². The lowest BCUT2D eigenvalue weighted by Gasteiger charge is -2.36. The Balaban J connectivity index is 1.71. The molecule has 1 saturated heterocycles. The van der Waals surface area contributed by atoms with Gasteiger partial charge in [-0.2, -0.15) is 0 Å². The van der Waals surface area contributed by atoms with Crippen LogP contribution in [0.15, 0.2) is 60.3 Å². The molecule has 30 heavy (non-hydrogen) atoms. The number of likely N-dealkylation sites (N-methyl/N-ethyl adjacent to an activating group) is 1. The van der Waals surface area contributed by atoms with E-state index in [1.54, 1.807) is 18.2 Å². The van der Waals surface area contributed by atoms with Crippen LogP contribution >= 0.6 is 0 Å². The van der Waals surface area contributed by atoms with Gasteiger partial charge in [0.2, 0.25) is 0 Å². The normalized spacial score (nSPS) is 18.4. The van der Waals surface area contributed by atoms with Gasteiger partial charge in [-0.15, -0.1) is 0 Å². The fourth-order valence-electron chi connectivity index (χ4n) is 4.26. The minimum Gasteiger partial charge on any atom is -0.366 e. The van der Waals surface area contributed by atoms with Crippen molar-refractivity contribution in [3.8, 4) is 0 Å². The standard InChI is InChI=1S/C24H26FN3O2/c1-26-14-12-19(13-15-26)27(2)22-21(17-8-4-3-5-9-17)23(29)28(24(22)30)16-18-10-6-7-11-20(18)25/h3-11,19H,12-16H2,1-2H3. The molecule has 0 unspecified atom stereocenters. The molecule has 0 radical (unpaired) electrons. The molecule has 2 amide bonds. The summed E-state index contributed by atoms with van der Waals surface area (Å²) in [7, 11) is 3.98. The number of benzene rings is 2. The summed E-state index contributed by atoms with van der Waals surface area (Å²) >= 11 is 0. The lowest BCUT2D eigenvalue weighted by molar-refractivity contribution is -0.138. The minimum atomic E-state index is -0.420. The largest absolute Gasteiger partial charge is 0.366 e. The maximum Gasteiger partial charge on any atom is 0.278 e. The van der Waals surface area contributed by atoms with Crippen LogP contribution in [-0.4, -0.2) is 59.7 Å². The average Bonchev–Trinajstić information content (AvgIpc) is 3.00. The van der Waals surface area contributed by atoms with Gasteiger partial charge >= 0.3 is 0 Å². The molecule has 0 saturated carbocycles. The number of amides is 2. The highest BCUT2D eigenvalue weighted by atomic mass is 19.1. The highest BCUT2D eigenvalue weighted by molar-refractivity contribution is 6.35. The number of halogens is 1. The molecule has 2 aromatic rings. The Hall–Kier alpha value is -2.99. The Labute approximate surface area is 176 Å². The summed E-state index contributed by atoms with van der Waals surface area (Å²) in [5, 5.41) is 0. The van der Waals surface area contributed by atoms with Gasteiger partial charge in [0, 0.05) is 18.7 Å². The molecule has 0 aliphatic carbocycles. The van der Waals surface area contributed by atoms with Crippen molar-refractivity contribution in [1.29, 1.82) is 0 Å². The summed E-state index contributed by atoms with van der Waals surface area (Å²) in [4.78, 5) is 32.2. The first kappa shape index (κ1) is 20.3. The molecule has 0 N–H and O–H groups in total. The SMILES string of the molecule is CN1CCC(N(C)C2=C(c3ccccc3)C(=O)N(Cc3ccccc3F)C2=O)CC1. The summed E-state index contributed by atoms with van der Waals surface area (Å²) in [6, 6.07) is 15.7. The van der Waals surface area contributed by atoms with Gasteiger partial charge in [-0.25, -0.2) is 4.39 Å². The number of hydrogen-bond acceptors (Lipinski definition) is 4.